The molecule has 7 heteroatoms. The molecule has 1 aromatic carbocycles. The van der Waals surface area contributed by atoms with Crippen molar-refractivity contribution in [1.82, 2.24) is 15.0 Å². The highest BCUT2D eigenvalue weighted by Gasteiger charge is 2.30. The highest BCUT2D eigenvalue weighted by molar-refractivity contribution is 6.30. The minimum absolute atomic E-state index is 0.0120. The minimum Gasteiger partial charge on any atom is -0.483 e. The maximum Gasteiger partial charge on any atom is 0.260 e. The molecule has 1 aliphatic rings. The van der Waals surface area contributed by atoms with Crippen LogP contribution in [0.1, 0.15) is 29.6 Å². The van der Waals surface area contributed by atoms with Crippen LogP contribution in [0.5, 0.6) is 5.75 Å². The molecule has 0 bridgehead atoms. The molecule has 0 saturated carbocycles. The first kappa shape index (κ1) is 15.8. The van der Waals surface area contributed by atoms with E-state index in [1.54, 1.807) is 24.0 Å². The van der Waals surface area contributed by atoms with E-state index < -0.39 is 0 Å². The number of benzene rings is 1. The van der Waals surface area contributed by atoms with Crippen LogP contribution in [0.25, 0.3) is 0 Å². The lowest BCUT2D eigenvalue weighted by molar-refractivity contribution is -0.132. The standard InChI is InChI=1S/C16H18ClN3O3/c1-10-7-13(17)3-4-14(10)22-9-15(21)20-6-5-12(8-20)16-18-11(2)19-23-16/h3-4,7,12H,5-6,8-9H2,1-2H3/t12-/m1/s1. The zero-order valence-corrected chi connectivity index (χ0v) is 13.8. The van der Waals surface area contributed by atoms with Crippen molar-refractivity contribution < 1.29 is 14.1 Å². The number of carbonyl (C=O) groups excluding carboxylic acids is 1. The predicted molar refractivity (Wildman–Crippen MR) is 84.7 cm³/mol. The molecule has 23 heavy (non-hydrogen) atoms. The average Bonchev–Trinajstić information content (AvgIpc) is 3.14. The molecular formula is C16H18ClN3O3. The highest BCUT2D eigenvalue weighted by atomic mass is 35.5. The summed E-state index contributed by atoms with van der Waals surface area (Å²) < 4.78 is 10.8. The SMILES string of the molecule is Cc1noc([C@@H]2CCN(C(=O)COc3ccc(Cl)cc3C)C2)n1. The van der Waals surface area contributed by atoms with Crippen molar-refractivity contribution in [2.24, 2.45) is 0 Å². The van der Waals surface area contributed by atoms with Crippen molar-refractivity contribution >= 4 is 17.5 Å². The second-order valence-corrected chi connectivity index (χ2v) is 6.14. The van der Waals surface area contributed by atoms with E-state index in [0.29, 0.717) is 35.6 Å². The van der Waals surface area contributed by atoms with Gasteiger partial charge in [-0.05, 0) is 44.0 Å². The molecule has 0 aliphatic carbocycles. The Morgan fingerprint density at radius 3 is 3.00 bits per heavy atom. The van der Waals surface area contributed by atoms with E-state index in [9.17, 15) is 4.79 Å². The molecule has 0 radical (unpaired) electrons. The van der Waals surface area contributed by atoms with Crippen LogP contribution in [0.4, 0.5) is 0 Å². The number of aromatic nitrogens is 2. The topological polar surface area (TPSA) is 68.5 Å². The van der Waals surface area contributed by atoms with Crippen LogP contribution in [0.3, 0.4) is 0 Å². The van der Waals surface area contributed by atoms with Gasteiger partial charge in [-0.1, -0.05) is 16.8 Å². The Hall–Kier alpha value is -2.08. The van der Waals surface area contributed by atoms with Gasteiger partial charge in [0, 0.05) is 18.1 Å². The first-order valence-corrected chi connectivity index (χ1v) is 7.87. The molecule has 1 aromatic heterocycles. The number of nitrogens with zero attached hydrogens (tertiary/aromatic N) is 3. The zero-order chi connectivity index (χ0) is 16.4. The van der Waals surface area contributed by atoms with Crippen molar-refractivity contribution in [3.63, 3.8) is 0 Å². The average molecular weight is 336 g/mol. The second kappa shape index (κ2) is 6.58. The molecule has 0 N–H and O–H groups in total. The van der Waals surface area contributed by atoms with Gasteiger partial charge < -0.3 is 14.2 Å². The third-order valence-corrected chi connectivity index (χ3v) is 4.16. The summed E-state index contributed by atoms with van der Waals surface area (Å²) in [6.45, 7) is 4.96. The van der Waals surface area contributed by atoms with Gasteiger partial charge in [-0.15, -0.1) is 0 Å². The van der Waals surface area contributed by atoms with Gasteiger partial charge in [0.05, 0.1) is 5.92 Å². The van der Waals surface area contributed by atoms with Gasteiger partial charge >= 0.3 is 0 Å². The van der Waals surface area contributed by atoms with Crippen LogP contribution in [0.15, 0.2) is 22.7 Å². The molecule has 2 heterocycles. The normalized spacial score (nSPS) is 17.5. The van der Waals surface area contributed by atoms with Gasteiger partial charge in [0.15, 0.2) is 12.4 Å². The van der Waals surface area contributed by atoms with Gasteiger partial charge in [0.25, 0.3) is 5.91 Å². The lowest BCUT2D eigenvalue weighted by Gasteiger charge is -2.17. The smallest absolute Gasteiger partial charge is 0.260 e. The number of halogens is 1. The zero-order valence-electron chi connectivity index (χ0n) is 13.1. The molecular weight excluding hydrogens is 318 g/mol. The third-order valence-electron chi connectivity index (χ3n) is 3.92. The summed E-state index contributed by atoms with van der Waals surface area (Å²) in [6, 6.07) is 5.34. The summed E-state index contributed by atoms with van der Waals surface area (Å²) in [5.74, 6) is 1.96. The molecule has 1 fully saturated rings. The fraction of sp³-hybridized carbons (Fsp3) is 0.438. The van der Waals surface area contributed by atoms with Gasteiger partial charge in [-0.3, -0.25) is 4.79 Å². The van der Waals surface area contributed by atoms with Crippen LogP contribution in [0.2, 0.25) is 5.02 Å². The number of likely N-dealkylation sites (tertiary alicyclic amines) is 1. The largest absolute Gasteiger partial charge is 0.483 e. The molecule has 2 aromatic rings. The van der Waals surface area contributed by atoms with E-state index in [0.717, 1.165) is 12.0 Å². The Morgan fingerprint density at radius 1 is 1.48 bits per heavy atom. The van der Waals surface area contributed by atoms with Gasteiger partial charge in [-0.2, -0.15) is 4.98 Å². The van der Waals surface area contributed by atoms with Crippen LogP contribution >= 0.6 is 11.6 Å². The van der Waals surface area contributed by atoms with Crippen LogP contribution in [-0.4, -0.2) is 40.6 Å². The molecule has 1 amide bonds. The fourth-order valence-electron chi connectivity index (χ4n) is 2.67. The van der Waals surface area contributed by atoms with Crippen molar-refractivity contribution in [2.75, 3.05) is 19.7 Å². The molecule has 1 atom stereocenters. The molecule has 6 nitrogen and oxygen atoms in total. The van der Waals surface area contributed by atoms with E-state index in [1.807, 2.05) is 13.0 Å². The fourth-order valence-corrected chi connectivity index (χ4v) is 2.90. The lowest BCUT2D eigenvalue weighted by atomic mass is 10.1. The molecule has 1 saturated heterocycles. The number of amides is 1. The monoisotopic (exact) mass is 335 g/mol. The van der Waals surface area contributed by atoms with Crippen LogP contribution in [-0.2, 0) is 4.79 Å². The first-order chi connectivity index (χ1) is 11.0. The molecule has 3 rings (SSSR count). The van der Waals surface area contributed by atoms with Gasteiger partial charge in [0.2, 0.25) is 5.89 Å². The molecule has 0 unspecified atom stereocenters. The summed E-state index contributed by atoms with van der Waals surface area (Å²) >= 11 is 5.91. The number of rotatable bonds is 4. The maximum absolute atomic E-state index is 12.3. The summed E-state index contributed by atoms with van der Waals surface area (Å²) in [5.41, 5.74) is 0.908. The van der Waals surface area contributed by atoms with Crippen molar-refractivity contribution in [3.05, 3.63) is 40.5 Å². The summed E-state index contributed by atoms with van der Waals surface area (Å²) in [5, 5.41) is 4.45. The Morgan fingerprint density at radius 2 is 2.30 bits per heavy atom. The van der Waals surface area contributed by atoms with Crippen molar-refractivity contribution in [3.8, 4) is 5.75 Å². The molecule has 122 valence electrons. The number of aryl methyl sites for hydroxylation is 2. The van der Waals surface area contributed by atoms with E-state index >= 15 is 0 Å². The molecule has 1 aliphatic heterocycles. The predicted octanol–water partition coefficient (Wildman–Crippen LogP) is 2.73. The maximum atomic E-state index is 12.3. The number of carbonyl (C=O) groups is 1. The van der Waals surface area contributed by atoms with E-state index in [-0.39, 0.29) is 18.4 Å². The van der Waals surface area contributed by atoms with Gasteiger partial charge in [0.1, 0.15) is 5.75 Å². The van der Waals surface area contributed by atoms with Crippen molar-refractivity contribution in [1.29, 1.82) is 0 Å². The summed E-state index contributed by atoms with van der Waals surface area (Å²) in [7, 11) is 0. The molecule has 0 spiro atoms. The second-order valence-electron chi connectivity index (χ2n) is 5.70. The quantitative estimate of drug-likeness (QED) is 0.859. The lowest BCUT2D eigenvalue weighted by Crippen LogP contribution is -2.33. The van der Waals surface area contributed by atoms with Gasteiger partial charge in [-0.25, -0.2) is 0 Å². The van der Waals surface area contributed by atoms with E-state index in [4.69, 9.17) is 20.9 Å². The Bertz CT molecular complexity index is 716. The Labute approximate surface area is 139 Å². The van der Waals surface area contributed by atoms with Crippen LogP contribution < -0.4 is 4.74 Å². The summed E-state index contributed by atoms with van der Waals surface area (Å²) in [4.78, 5) is 18.3. The van der Waals surface area contributed by atoms with Crippen LogP contribution in [0, 0.1) is 13.8 Å². The Balaban J connectivity index is 1.55. The Kier molecular flexibility index (Phi) is 4.52. The van der Waals surface area contributed by atoms with E-state index in [2.05, 4.69) is 10.1 Å². The summed E-state index contributed by atoms with van der Waals surface area (Å²) in [6.07, 6.45) is 0.827. The number of hydrogen-bond donors (Lipinski definition) is 0. The minimum atomic E-state index is -0.0434. The first-order valence-electron chi connectivity index (χ1n) is 7.50. The number of ether oxygens (including phenoxy) is 1. The van der Waals surface area contributed by atoms with Crippen molar-refractivity contribution in [2.45, 2.75) is 26.2 Å². The third kappa shape index (κ3) is 3.64. The van der Waals surface area contributed by atoms with E-state index in [1.165, 1.54) is 0 Å². The number of hydrogen-bond acceptors (Lipinski definition) is 5. The highest BCUT2D eigenvalue weighted by Crippen LogP contribution is 2.26.